The minimum absolute atomic E-state index is 0.0146. The molecule has 1 aliphatic rings. The Bertz CT molecular complexity index is 1490. The second kappa shape index (κ2) is 11.3. The van der Waals surface area contributed by atoms with Crippen LogP contribution in [-0.4, -0.2) is 33.1 Å². The number of methoxy groups -OCH3 is 1. The highest BCUT2D eigenvalue weighted by Gasteiger charge is 2.39. The molecule has 0 saturated heterocycles. The fourth-order valence-corrected chi connectivity index (χ4v) is 6.37. The van der Waals surface area contributed by atoms with Gasteiger partial charge in [0.15, 0.2) is 0 Å². The van der Waals surface area contributed by atoms with E-state index in [2.05, 4.69) is 0 Å². The molecule has 0 radical (unpaired) electrons. The molecule has 4 rings (SSSR count). The highest BCUT2D eigenvalue weighted by molar-refractivity contribution is 7.92. The molecule has 6 nitrogen and oxygen atoms in total. The molecule has 13 heteroatoms. The number of carbonyl (C=O) groups is 1. The molecule has 1 aliphatic heterocycles. The first-order valence-electron chi connectivity index (χ1n) is 12.4. The summed E-state index contributed by atoms with van der Waals surface area (Å²) in [6, 6.07) is 12.8. The molecule has 1 amide bonds. The van der Waals surface area contributed by atoms with Crippen LogP contribution in [0.15, 0.2) is 71.6 Å². The SMILES string of the molecule is COC(=O)N(Cc1cc(C(F)(F)F)cc(C(F)(F)F)c1)C1CCCN(S(=O)(=O)c2ccc(C)cc2)c2ccccc21. The maximum atomic E-state index is 13.6. The maximum Gasteiger partial charge on any atom is 0.416 e. The first-order valence-corrected chi connectivity index (χ1v) is 13.9. The molecule has 1 unspecified atom stereocenters. The number of amides is 1. The molecule has 0 spiro atoms. The Morgan fingerprint density at radius 2 is 1.54 bits per heavy atom. The number of nitrogens with zero attached hydrogens (tertiary/aromatic N) is 2. The normalized spacial score (nSPS) is 16.1. The Hall–Kier alpha value is -3.74. The predicted octanol–water partition coefficient (Wildman–Crippen LogP) is 7.33. The topological polar surface area (TPSA) is 66.9 Å². The highest BCUT2D eigenvalue weighted by atomic mass is 32.2. The molecule has 1 heterocycles. The number of hydrogen-bond donors (Lipinski definition) is 0. The molecular formula is C28H26F6N2O4S. The number of ether oxygens (including phenoxy) is 1. The lowest BCUT2D eigenvalue weighted by Gasteiger charge is -2.32. The minimum Gasteiger partial charge on any atom is -0.453 e. The summed E-state index contributed by atoms with van der Waals surface area (Å²) in [7, 11) is -3.00. The van der Waals surface area contributed by atoms with Gasteiger partial charge in [0.2, 0.25) is 0 Å². The molecule has 41 heavy (non-hydrogen) atoms. The van der Waals surface area contributed by atoms with Crippen molar-refractivity contribution in [2.45, 2.75) is 49.6 Å². The Labute approximate surface area is 233 Å². The molecule has 0 N–H and O–H groups in total. The lowest BCUT2D eigenvalue weighted by molar-refractivity contribution is -0.143. The zero-order chi connectivity index (χ0) is 30.2. The van der Waals surface area contributed by atoms with Crippen LogP contribution in [-0.2, 0) is 33.7 Å². The molecule has 220 valence electrons. The monoisotopic (exact) mass is 600 g/mol. The van der Waals surface area contributed by atoms with Crippen LogP contribution in [0, 0.1) is 6.92 Å². The standard InChI is InChI=1S/C28H26F6N2O4S/c1-18-9-11-22(12-10-18)41(38,39)36-13-5-8-24(23-6-3-4-7-25(23)36)35(26(37)40-2)17-19-14-20(27(29,30)31)16-21(15-19)28(32,33)34/h3-4,6-7,9-12,14-16,24H,5,8,13,17H2,1-2H3. The lowest BCUT2D eigenvalue weighted by atomic mass is 9.98. The third-order valence-electron chi connectivity index (χ3n) is 6.80. The van der Waals surface area contributed by atoms with Crippen LogP contribution in [0.25, 0.3) is 0 Å². The lowest BCUT2D eigenvalue weighted by Crippen LogP contribution is -2.35. The van der Waals surface area contributed by atoms with Gasteiger partial charge in [-0.15, -0.1) is 0 Å². The molecule has 0 saturated carbocycles. The third-order valence-corrected chi connectivity index (χ3v) is 8.63. The number of hydrogen-bond acceptors (Lipinski definition) is 4. The maximum absolute atomic E-state index is 13.6. The molecule has 0 fully saturated rings. The van der Waals surface area contributed by atoms with Crippen LogP contribution in [0.3, 0.4) is 0 Å². The average molecular weight is 601 g/mol. The van der Waals surface area contributed by atoms with Gasteiger partial charge in [-0.05, 0) is 67.3 Å². The number of alkyl halides is 6. The van der Waals surface area contributed by atoms with E-state index in [9.17, 15) is 39.6 Å². The van der Waals surface area contributed by atoms with Gasteiger partial charge in [0.25, 0.3) is 10.0 Å². The molecular weight excluding hydrogens is 574 g/mol. The number of anilines is 1. The number of aryl methyl sites for hydroxylation is 1. The summed E-state index contributed by atoms with van der Waals surface area (Å²) in [5.74, 6) is 0. The van der Waals surface area contributed by atoms with Gasteiger partial charge in [-0.1, -0.05) is 35.9 Å². The number of sulfonamides is 1. The Morgan fingerprint density at radius 3 is 2.10 bits per heavy atom. The van der Waals surface area contributed by atoms with E-state index in [0.29, 0.717) is 17.7 Å². The van der Waals surface area contributed by atoms with Crippen molar-refractivity contribution >= 4 is 21.8 Å². The quantitative estimate of drug-likeness (QED) is 0.288. The van der Waals surface area contributed by atoms with Crippen LogP contribution in [0.4, 0.5) is 36.8 Å². The summed E-state index contributed by atoms with van der Waals surface area (Å²) in [6.45, 7) is 1.19. The first-order chi connectivity index (χ1) is 19.1. The van der Waals surface area contributed by atoms with Crippen LogP contribution < -0.4 is 4.31 Å². The van der Waals surface area contributed by atoms with Crippen molar-refractivity contribution in [2.24, 2.45) is 0 Å². The molecule has 0 bridgehead atoms. The smallest absolute Gasteiger partial charge is 0.416 e. The van der Waals surface area contributed by atoms with Crippen molar-refractivity contribution in [3.05, 3.63) is 94.5 Å². The van der Waals surface area contributed by atoms with Crippen molar-refractivity contribution < 1.29 is 44.3 Å². The van der Waals surface area contributed by atoms with Crippen molar-refractivity contribution in [2.75, 3.05) is 18.0 Å². The van der Waals surface area contributed by atoms with Crippen molar-refractivity contribution in [1.29, 1.82) is 0 Å². The van der Waals surface area contributed by atoms with Gasteiger partial charge in [-0.25, -0.2) is 13.2 Å². The molecule has 1 atom stereocenters. The third kappa shape index (κ3) is 6.45. The first kappa shape index (κ1) is 30.2. The van der Waals surface area contributed by atoms with E-state index in [1.54, 1.807) is 36.4 Å². The molecule has 3 aromatic carbocycles. The number of carbonyl (C=O) groups excluding carboxylic acids is 1. The van der Waals surface area contributed by atoms with Gasteiger partial charge in [0.1, 0.15) is 0 Å². The van der Waals surface area contributed by atoms with E-state index in [1.807, 2.05) is 6.92 Å². The summed E-state index contributed by atoms with van der Waals surface area (Å²) in [6.07, 6.45) is -10.7. The van der Waals surface area contributed by atoms with E-state index >= 15 is 0 Å². The second-order valence-corrected chi connectivity index (χ2v) is 11.5. The van der Waals surface area contributed by atoms with Crippen LogP contribution in [0.2, 0.25) is 0 Å². The fourth-order valence-electron chi connectivity index (χ4n) is 4.84. The number of rotatable bonds is 5. The van der Waals surface area contributed by atoms with E-state index < -0.39 is 57.7 Å². The molecule has 0 aromatic heterocycles. The largest absolute Gasteiger partial charge is 0.453 e. The van der Waals surface area contributed by atoms with Crippen molar-refractivity contribution in [3.63, 3.8) is 0 Å². The van der Waals surface area contributed by atoms with Crippen LogP contribution in [0.5, 0.6) is 0 Å². The summed E-state index contributed by atoms with van der Waals surface area (Å²) in [5.41, 5.74) is -1.98. The van der Waals surface area contributed by atoms with E-state index in [4.69, 9.17) is 4.74 Å². The van der Waals surface area contributed by atoms with Gasteiger partial charge in [0.05, 0.1) is 34.9 Å². The average Bonchev–Trinajstić information content (AvgIpc) is 3.10. The fraction of sp³-hybridized carbons (Fsp3) is 0.321. The van der Waals surface area contributed by atoms with Crippen LogP contribution in [0.1, 0.15) is 46.7 Å². The van der Waals surface area contributed by atoms with E-state index in [0.717, 1.165) is 17.6 Å². The van der Waals surface area contributed by atoms with E-state index in [1.165, 1.54) is 16.4 Å². The van der Waals surface area contributed by atoms with Gasteiger partial charge in [-0.2, -0.15) is 26.3 Å². The zero-order valence-corrected chi connectivity index (χ0v) is 22.8. The summed E-state index contributed by atoms with van der Waals surface area (Å²) in [5, 5.41) is 0. The Kier molecular flexibility index (Phi) is 8.30. The van der Waals surface area contributed by atoms with Gasteiger partial charge in [0, 0.05) is 13.1 Å². The molecule has 0 aliphatic carbocycles. The number of benzene rings is 3. The highest BCUT2D eigenvalue weighted by Crippen LogP contribution is 2.41. The minimum atomic E-state index is -5.06. The van der Waals surface area contributed by atoms with Crippen LogP contribution >= 0.6 is 0 Å². The second-order valence-electron chi connectivity index (χ2n) is 9.62. The summed E-state index contributed by atoms with van der Waals surface area (Å²) >= 11 is 0. The zero-order valence-electron chi connectivity index (χ0n) is 22.0. The summed E-state index contributed by atoms with van der Waals surface area (Å²) < 4.78 is 114. The van der Waals surface area contributed by atoms with E-state index in [-0.39, 0.29) is 36.0 Å². The van der Waals surface area contributed by atoms with Gasteiger partial charge < -0.3 is 4.74 Å². The predicted molar refractivity (Wildman–Crippen MR) is 139 cm³/mol. The van der Waals surface area contributed by atoms with Crippen molar-refractivity contribution in [1.82, 2.24) is 4.90 Å². The van der Waals surface area contributed by atoms with Gasteiger partial charge in [-0.3, -0.25) is 9.21 Å². The Balaban J connectivity index is 1.80. The summed E-state index contributed by atoms with van der Waals surface area (Å²) in [4.78, 5) is 14.0. The number of para-hydroxylation sites is 1. The Morgan fingerprint density at radius 1 is 0.951 bits per heavy atom. The molecule has 3 aromatic rings. The number of fused-ring (bicyclic) bond motifs is 1. The number of halogens is 6. The van der Waals surface area contributed by atoms with Crippen molar-refractivity contribution in [3.8, 4) is 0 Å². The van der Waals surface area contributed by atoms with Gasteiger partial charge >= 0.3 is 18.4 Å².